The number of nitrogens with zero attached hydrogens (tertiary/aromatic N) is 1. The van der Waals surface area contributed by atoms with Gasteiger partial charge in [-0.2, -0.15) is 0 Å². The minimum Gasteiger partial charge on any atom is -0.311 e. The quantitative estimate of drug-likeness (QED) is 0.902. The second kappa shape index (κ2) is 7.26. The number of thiophene rings is 1. The van der Waals surface area contributed by atoms with Gasteiger partial charge in [-0.25, -0.2) is 0 Å². The summed E-state index contributed by atoms with van der Waals surface area (Å²) in [5.74, 6) is 0.919. The molecule has 3 rings (SSSR count). The van der Waals surface area contributed by atoms with Gasteiger partial charge in [0.15, 0.2) is 0 Å². The van der Waals surface area contributed by atoms with E-state index in [9.17, 15) is 0 Å². The van der Waals surface area contributed by atoms with Crippen molar-refractivity contribution < 1.29 is 0 Å². The number of rotatable bonds is 4. The van der Waals surface area contributed by atoms with Crippen LogP contribution < -0.4 is 5.32 Å². The fourth-order valence-corrected chi connectivity index (χ4v) is 5.03. The molecule has 1 aliphatic heterocycles. The Morgan fingerprint density at radius 2 is 2.10 bits per heavy atom. The molecule has 2 unspecified atom stereocenters. The molecule has 1 saturated heterocycles. The molecule has 0 aromatic carbocycles. The summed E-state index contributed by atoms with van der Waals surface area (Å²) < 4.78 is 0. The Labute approximate surface area is 133 Å². The molecule has 118 valence electrons. The van der Waals surface area contributed by atoms with Crippen LogP contribution in [0.4, 0.5) is 0 Å². The van der Waals surface area contributed by atoms with E-state index in [1.807, 2.05) is 11.3 Å². The maximum absolute atomic E-state index is 3.84. The maximum Gasteiger partial charge on any atom is 0.0334 e. The van der Waals surface area contributed by atoms with Gasteiger partial charge in [-0.15, -0.1) is 11.3 Å². The van der Waals surface area contributed by atoms with Crippen molar-refractivity contribution in [2.75, 3.05) is 13.1 Å². The molecule has 2 aliphatic rings. The summed E-state index contributed by atoms with van der Waals surface area (Å²) in [5.41, 5.74) is 1.56. The van der Waals surface area contributed by atoms with Crippen LogP contribution in [-0.4, -0.2) is 30.1 Å². The molecule has 2 nitrogen and oxygen atoms in total. The molecule has 1 aliphatic carbocycles. The third-order valence-electron chi connectivity index (χ3n) is 5.51. The summed E-state index contributed by atoms with van der Waals surface area (Å²) in [6.07, 6.45) is 8.41. The van der Waals surface area contributed by atoms with E-state index in [4.69, 9.17) is 0 Å². The molecule has 1 saturated carbocycles. The van der Waals surface area contributed by atoms with Crippen molar-refractivity contribution in [3.05, 3.63) is 21.9 Å². The Hall–Kier alpha value is -0.380. The van der Waals surface area contributed by atoms with E-state index in [-0.39, 0.29) is 0 Å². The summed E-state index contributed by atoms with van der Waals surface area (Å²) in [5, 5.41) is 6.10. The molecule has 1 N–H and O–H groups in total. The van der Waals surface area contributed by atoms with Crippen LogP contribution in [0.3, 0.4) is 0 Å². The largest absolute Gasteiger partial charge is 0.311 e. The summed E-state index contributed by atoms with van der Waals surface area (Å²) >= 11 is 1.94. The number of aryl methyl sites for hydroxylation is 1. The Morgan fingerprint density at radius 1 is 1.29 bits per heavy atom. The fraction of sp³-hybridized carbons (Fsp3) is 0.778. The van der Waals surface area contributed by atoms with E-state index in [1.54, 1.807) is 10.4 Å². The van der Waals surface area contributed by atoms with Gasteiger partial charge >= 0.3 is 0 Å². The molecule has 0 amide bonds. The van der Waals surface area contributed by atoms with E-state index in [0.717, 1.165) is 25.0 Å². The summed E-state index contributed by atoms with van der Waals surface area (Å²) in [6.45, 7) is 8.22. The second-order valence-electron chi connectivity index (χ2n) is 6.91. The highest BCUT2D eigenvalue weighted by molar-refractivity contribution is 7.10. The Bertz CT molecular complexity index is 436. The average molecular weight is 307 g/mol. The molecule has 2 heterocycles. The molecule has 0 radical (unpaired) electrons. The Morgan fingerprint density at radius 3 is 2.86 bits per heavy atom. The van der Waals surface area contributed by atoms with Crippen LogP contribution in [0, 0.1) is 5.92 Å². The molecular weight excluding hydrogens is 276 g/mol. The van der Waals surface area contributed by atoms with Crippen molar-refractivity contribution in [1.29, 1.82) is 0 Å². The number of hydrogen-bond donors (Lipinski definition) is 1. The summed E-state index contributed by atoms with van der Waals surface area (Å²) in [4.78, 5) is 4.31. The van der Waals surface area contributed by atoms with Crippen LogP contribution in [0.15, 0.2) is 11.4 Å². The van der Waals surface area contributed by atoms with Gasteiger partial charge in [0, 0.05) is 36.6 Å². The zero-order chi connectivity index (χ0) is 14.7. The first kappa shape index (κ1) is 15.5. The van der Waals surface area contributed by atoms with E-state index in [1.165, 1.54) is 45.1 Å². The van der Waals surface area contributed by atoms with Gasteiger partial charge in [-0.3, -0.25) is 4.90 Å². The SMILES string of the molecule is CCc1ccsc1CN1CC(C2CCCCC2)NCC1C. The van der Waals surface area contributed by atoms with Crippen LogP contribution in [-0.2, 0) is 13.0 Å². The minimum absolute atomic E-state index is 0.664. The molecule has 1 aromatic rings. The van der Waals surface area contributed by atoms with Gasteiger partial charge in [-0.1, -0.05) is 26.2 Å². The van der Waals surface area contributed by atoms with E-state index < -0.39 is 0 Å². The van der Waals surface area contributed by atoms with Gasteiger partial charge < -0.3 is 5.32 Å². The van der Waals surface area contributed by atoms with Gasteiger partial charge in [0.05, 0.1) is 0 Å². The molecule has 0 spiro atoms. The lowest BCUT2D eigenvalue weighted by Crippen LogP contribution is -2.57. The highest BCUT2D eigenvalue weighted by atomic mass is 32.1. The standard InChI is InChI=1S/C18H30N2S/c1-3-15-9-10-21-18(15)13-20-12-17(19-11-14(20)2)16-7-5-4-6-8-16/h9-10,14,16-17,19H,3-8,11-13H2,1-2H3. The van der Waals surface area contributed by atoms with Gasteiger partial charge in [-0.05, 0) is 49.1 Å². The van der Waals surface area contributed by atoms with Crippen LogP contribution in [0.2, 0.25) is 0 Å². The molecule has 1 aromatic heterocycles. The lowest BCUT2D eigenvalue weighted by Gasteiger charge is -2.42. The van der Waals surface area contributed by atoms with Crippen molar-refractivity contribution in [3.8, 4) is 0 Å². The Balaban J connectivity index is 1.63. The zero-order valence-corrected chi connectivity index (χ0v) is 14.4. The number of nitrogens with one attached hydrogen (secondary N) is 1. The van der Waals surface area contributed by atoms with Gasteiger partial charge in [0.2, 0.25) is 0 Å². The zero-order valence-electron chi connectivity index (χ0n) is 13.6. The maximum atomic E-state index is 3.84. The van der Waals surface area contributed by atoms with Crippen molar-refractivity contribution in [2.45, 2.75) is 71.0 Å². The summed E-state index contributed by atoms with van der Waals surface area (Å²) in [7, 11) is 0. The number of hydrogen-bond acceptors (Lipinski definition) is 3. The first-order valence-corrected chi connectivity index (χ1v) is 9.68. The fourth-order valence-electron chi connectivity index (χ4n) is 4.03. The third-order valence-corrected chi connectivity index (χ3v) is 6.46. The predicted octanol–water partition coefficient (Wildman–Crippen LogP) is 4.05. The van der Waals surface area contributed by atoms with E-state index in [0.29, 0.717) is 6.04 Å². The predicted molar refractivity (Wildman–Crippen MR) is 91.9 cm³/mol. The average Bonchev–Trinajstić information content (AvgIpc) is 2.97. The van der Waals surface area contributed by atoms with Crippen molar-refractivity contribution in [2.24, 2.45) is 5.92 Å². The third kappa shape index (κ3) is 3.69. The lowest BCUT2D eigenvalue weighted by atomic mass is 9.82. The molecule has 0 bridgehead atoms. The highest BCUT2D eigenvalue weighted by Crippen LogP contribution is 2.29. The monoisotopic (exact) mass is 306 g/mol. The highest BCUT2D eigenvalue weighted by Gasteiger charge is 2.31. The van der Waals surface area contributed by atoms with Crippen LogP contribution in [0.1, 0.15) is 56.4 Å². The van der Waals surface area contributed by atoms with Crippen molar-refractivity contribution >= 4 is 11.3 Å². The lowest BCUT2D eigenvalue weighted by molar-refractivity contribution is 0.0988. The van der Waals surface area contributed by atoms with Crippen LogP contribution in [0.25, 0.3) is 0 Å². The smallest absolute Gasteiger partial charge is 0.0334 e. The number of piperazine rings is 1. The van der Waals surface area contributed by atoms with E-state index in [2.05, 4.69) is 35.5 Å². The van der Waals surface area contributed by atoms with E-state index >= 15 is 0 Å². The van der Waals surface area contributed by atoms with Crippen molar-refractivity contribution in [1.82, 2.24) is 10.2 Å². The van der Waals surface area contributed by atoms with Crippen LogP contribution in [0.5, 0.6) is 0 Å². The second-order valence-corrected chi connectivity index (χ2v) is 7.91. The molecule has 2 atom stereocenters. The first-order valence-electron chi connectivity index (χ1n) is 8.80. The molecular formula is C18H30N2S. The summed E-state index contributed by atoms with van der Waals surface area (Å²) in [6, 6.07) is 3.70. The van der Waals surface area contributed by atoms with Gasteiger partial charge in [0.25, 0.3) is 0 Å². The topological polar surface area (TPSA) is 15.3 Å². The van der Waals surface area contributed by atoms with Crippen molar-refractivity contribution in [3.63, 3.8) is 0 Å². The van der Waals surface area contributed by atoms with Crippen LogP contribution >= 0.6 is 11.3 Å². The van der Waals surface area contributed by atoms with Gasteiger partial charge in [0.1, 0.15) is 0 Å². The molecule has 21 heavy (non-hydrogen) atoms. The minimum atomic E-state index is 0.664. The normalized spacial score (nSPS) is 28.9. The molecule has 2 fully saturated rings. The first-order chi connectivity index (χ1) is 10.3. The molecule has 3 heteroatoms. The Kier molecular flexibility index (Phi) is 5.36.